The van der Waals surface area contributed by atoms with Crippen molar-refractivity contribution in [2.24, 2.45) is 5.73 Å². The molecule has 0 spiro atoms. The Morgan fingerprint density at radius 2 is 2.25 bits per heavy atom. The highest BCUT2D eigenvalue weighted by Crippen LogP contribution is 2.20. The largest absolute Gasteiger partial charge is 0.383 e. The SMILES string of the molecule is COCc1nc(CS(C)(=O)=O)sc1C(=N)N. The predicted molar refractivity (Wildman–Crippen MR) is 62.4 cm³/mol. The molecule has 0 aliphatic rings. The second kappa shape index (κ2) is 4.89. The highest BCUT2D eigenvalue weighted by Gasteiger charge is 2.16. The number of sulfone groups is 1. The Labute approximate surface area is 97.9 Å². The first-order valence-corrected chi connectivity index (χ1v) is 7.21. The molecule has 0 fully saturated rings. The molecule has 3 N–H and O–H groups in total. The van der Waals surface area contributed by atoms with E-state index in [1.54, 1.807) is 0 Å². The van der Waals surface area contributed by atoms with Crippen molar-refractivity contribution < 1.29 is 13.2 Å². The summed E-state index contributed by atoms with van der Waals surface area (Å²) in [5.41, 5.74) is 5.88. The molecule has 0 saturated heterocycles. The van der Waals surface area contributed by atoms with Gasteiger partial charge < -0.3 is 10.5 Å². The average Bonchev–Trinajstić information content (AvgIpc) is 2.45. The third-order valence-electron chi connectivity index (χ3n) is 1.65. The van der Waals surface area contributed by atoms with Crippen molar-refractivity contribution in [3.05, 3.63) is 15.6 Å². The molecule has 0 amide bonds. The lowest BCUT2D eigenvalue weighted by molar-refractivity contribution is 0.182. The van der Waals surface area contributed by atoms with Crippen LogP contribution in [-0.2, 0) is 26.9 Å². The minimum Gasteiger partial charge on any atom is -0.383 e. The molecule has 0 aromatic carbocycles. The number of thiazole rings is 1. The van der Waals surface area contributed by atoms with E-state index in [0.29, 0.717) is 15.6 Å². The molecular formula is C8H13N3O3S2. The molecule has 1 aromatic heterocycles. The van der Waals surface area contributed by atoms with Crippen LogP contribution in [-0.4, -0.2) is 32.6 Å². The molecule has 0 atom stereocenters. The highest BCUT2D eigenvalue weighted by molar-refractivity contribution is 7.90. The first-order valence-electron chi connectivity index (χ1n) is 4.33. The molecule has 0 aliphatic carbocycles. The lowest BCUT2D eigenvalue weighted by Crippen LogP contribution is -2.11. The summed E-state index contributed by atoms with van der Waals surface area (Å²) in [5, 5.41) is 7.77. The standard InChI is InChI=1S/C8H13N3O3S2/c1-14-3-5-7(8(9)10)15-6(11-5)4-16(2,12)13/h3-4H2,1-2H3,(H3,9,10). The first kappa shape index (κ1) is 13.1. The van der Waals surface area contributed by atoms with Gasteiger partial charge in [0.2, 0.25) is 0 Å². The monoisotopic (exact) mass is 263 g/mol. The van der Waals surface area contributed by atoms with Crippen LogP contribution in [0.1, 0.15) is 15.6 Å². The molecule has 0 aliphatic heterocycles. The number of nitrogens with zero attached hydrogens (tertiary/aromatic N) is 1. The van der Waals surface area contributed by atoms with Crippen LogP contribution in [0, 0.1) is 5.41 Å². The zero-order chi connectivity index (χ0) is 12.3. The van der Waals surface area contributed by atoms with E-state index in [4.69, 9.17) is 15.9 Å². The van der Waals surface area contributed by atoms with Crippen LogP contribution in [0.25, 0.3) is 0 Å². The van der Waals surface area contributed by atoms with E-state index in [1.165, 1.54) is 7.11 Å². The van der Waals surface area contributed by atoms with Crippen LogP contribution in [0.4, 0.5) is 0 Å². The normalized spacial score (nSPS) is 11.6. The Bertz CT molecular complexity index is 493. The van der Waals surface area contributed by atoms with Crippen LogP contribution in [0.5, 0.6) is 0 Å². The van der Waals surface area contributed by atoms with Gasteiger partial charge in [0, 0.05) is 13.4 Å². The first-order chi connectivity index (χ1) is 7.33. The van der Waals surface area contributed by atoms with Gasteiger partial charge in [-0.2, -0.15) is 0 Å². The number of rotatable bonds is 5. The number of ether oxygens (including phenoxy) is 1. The molecule has 8 heteroatoms. The average molecular weight is 263 g/mol. The molecule has 0 radical (unpaired) electrons. The zero-order valence-corrected chi connectivity index (χ0v) is 10.6. The Balaban J connectivity index is 3.06. The molecule has 0 saturated carbocycles. The summed E-state index contributed by atoms with van der Waals surface area (Å²) in [6.07, 6.45) is 1.14. The third kappa shape index (κ3) is 3.54. The van der Waals surface area contributed by atoms with Gasteiger partial charge in [0.25, 0.3) is 0 Å². The number of methoxy groups -OCH3 is 1. The van der Waals surface area contributed by atoms with Crippen molar-refractivity contribution in [2.75, 3.05) is 13.4 Å². The van der Waals surface area contributed by atoms with Gasteiger partial charge in [0.05, 0.1) is 17.2 Å². The van der Waals surface area contributed by atoms with Crippen LogP contribution >= 0.6 is 11.3 Å². The van der Waals surface area contributed by atoms with E-state index in [-0.39, 0.29) is 18.2 Å². The Morgan fingerprint density at radius 1 is 1.62 bits per heavy atom. The van der Waals surface area contributed by atoms with E-state index >= 15 is 0 Å². The molecule has 0 unspecified atom stereocenters. The van der Waals surface area contributed by atoms with Gasteiger partial charge in [-0.1, -0.05) is 0 Å². The summed E-state index contributed by atoms with van der Waals surface area (Å²) in [7, 11) is -1.63. The molecule has 1 heterocycles. The van der Waals surface area contributed by atoms with Crippen molar-refractivity contribution in [3.63, 3.8) is 0 Å². The van der Waals surface area contributed by atoms with E-state index < -0.39 is 9.84 Å². The number of hydrogen-bond acceptors (Lipinski definition) is 6. The van der Waals surface area contributed by atoms with Crippen LogP contribution in [0.2, 0.25) is 0 Å². The summed E-state index contributed by atoms with van der Waals surface area (Å²) >= 11 is 1.11. The molecule has 6 nitrogen and oxygen atoms in total. The fourth-order valence-corrected chi connectivity index (χ4v) is 3.25. The topological polar surface area (TPSA) is 106 Å². The quantitative estimate of drug-likeness (QED) is 0.579. The number of amidine groups is 1. The van der Waals surface area contributed by atoms with Gasteiger partial charge in [-0.25, -0.2) is 13.4 Å². The van der Waals surface area contributed by atoms with Gasteiger partial charge in [-0.05, 0) is 0 Å². The number of nitrogens with one attached hydrogen (secondary N) is 1. The van der Waals surface area contributed by atoms with E-state index in [0.717, 1.165) is 17.6 Å². The van der Waals surface area contributed by atoms with Crippen molar-refractivity contribution in [1.82, 2.24) is 4.98 Å². The fraction of sp³-hybridized carbons (Fsp3) is 0.500. The van der Waals surface area contributed by atoms with Crippen molar-refractivity contribution >= 4 is 27.0 Å². The number of aromatic nitrogens is 1. The van der Waals surface area contributed by atoms with Crippen molar-refractivity contribution in [2.45, 2.75) is 12.4 Å². The molecule has 90 valence electrons. The minimum atomic E-state index is -3.13. The lowest BCUT2D eigenvalue weighted by atomic mass is 10.3. The van der Waals surface area contributed by atoms with Gasteiger partial charge in [0.1, 0.15) is 16.6 Å². The summed E-state index contributed by atoms with van der Waals surface area (Å²) in [4.78, 5) is 4.57. The predicted octanol–water partition coefficient (Wildman–Crippen LogP) is 0.118. The summed E-state index contributed by atoms with van der Waals surface area (Å²) in [6, 6.07) is 0. The molecule has 1 rings (SSSR count). The number of nitrogen functional groups attached to an aromatic ring is 1. The number of nitrogens with two attached hydrogens (primary N) is 1. The van der Waals surface area contributed by atoms with Crippen molar-refractivity contribution in [1.29, 1.82) is 5.41 Å². The van der Waals surface area contributed by atoms with E-state index in [1.807, 2.05) is 0 Å². The highest BCUT2D eigenvalue weighted by atomic mass is 32.2. The zero-order valence-electron chi connectivity index (χ0n) is 8.98. The van der Waals surface area contributed by atoms with Crippen LogP contribution < -0.4 is 5.73 Å². The molecule has 0 bridgehead atoms. The molecule has 16 heavy (non-hydrogen) atoms. The maximum absolute atomic E-state index is 11.1. The second-order valence-electron chi connectivity index (χ2n) is 3.30. The van der Waals surface area contributed by atoms with Gasteiger partial charge in [-0.3, -0.25) is 5.41 Å². The fourth-order valence-electron chi connectivity index (χ4n) is 1.13. The third-order valence-corrected chi connectivity index (χ3v) is 3.76. The summed E-state index contributed by atoms with van der Waals surface area (Å²) in [6.45, 7) is 0.217. The number of hydrogen-bond donors (Lipinski definition) is 2. The smallest absolute Gasteiger partial charge is 0.153 e. The maximum atomic E-state index is 11.1. The summed E-state index contributed by atoms with van der Waals surface area (Å²) < 4.78 is 27.1. The van der Waals surface area contributed by atoms with Crippen LogP contribution in [0.15, 0.2) is 0 Å². The van der Waals surface area contributed by atoms with E-state index in [2.05, 4.69) is 4.98 Å². The second-order valence-corrected chi connectivity index (χ2v) is 6.52. The Hall–Kier alpha value is -0.990. The Morgan fingerprint density at radius 3 is 2.69 bits per heavy atom. The van der Waals surface area contributed by atoms with Crippen molar-refractivity contribution in [3.8, 4) is 0 Å². The molecule has 1 aromatic rings. The Kier molecular flexibility index (Phi) is 4.00. The lowest BCUT2D eigenvalue weighted by Gasteiger charge is -1.97. The van der Waals surface area contributed by atoms with Gasteiger partial charge >= 0.3 is 0 Å². The van der Waals surface area contributed by atoms with Gasteiger partial charge in [-0.15, -0.1) is 11.3 Å². The molecular weight excluding hydrogens is 250 g/mol. The maximum Gasteiger partial charge on any atom is 0.153 e. The minimum absolute atomic E-state index is 0.121. The van der Waals surface area contributed by atoms with E-state index in [9.17, 15) is 8.42 Å². The van der Waals surface area contributed by atoms with Crippen LogP contribution in [0.3, 0.4) is 0 Å². The summed E-state index contributed by atoms with van der Waals surface area (Å²) in [5.74, 6) is -0.258. The van der Waals surface area contributed by atoms with Gasteiger partial charge in [0.15, 0.2) is 9.84 Å².